The van der Waals surface area contributed by atoms with Gasteiger partial charge >= 0.3 is 40.9 Å². The molecule has 0 rings (SSSR count). The summed E-state index contributed by atoms with van der Waals surface area (Å²) in [5.41, 5.74) is 0. The van der Waals surface area contributed by atoms with E-state index in [-0.39, 0.29) is 13.2 Å². The number of hydrogen-bond donors (Lipinski definition) is 4. The fourth-order valence-corrected chi connectivity index (χ4v) is 24.0. The molecule has 0 spiro atoms. The van der Waals surface area contributed by atoms with Crippen molar-refractivity contribution in [2.24, 2.45) is 0 Å². The highest BCUT2D eigenvalue weighted by atomic mass is 28.5. The van der Waals surface area contributed by atoms with Crippen LogP contribution in [-0.2, 0) is 41.0 Å². The number of carbonyl (C=O) groups excluding carboxylic acids is 4. The molecule has 43 heavy (non-hydrogen) atoms. The van der Waals surface area contributed by atoms with Crippen LogP contribution in [0.5, 0.6) is 0 Å². The zero-order valence-electron chi connectivity index (χ0n) is 28.2. The predicted molar refractivity (Wildman–Crippen MR) is 177 cm³/mol. The van der Waals surface area contributed by atoms with Gasteiger partial charge in [0.25, 0.3) is 0 Å². The maximum Gasteiger partial charge on any atom is 0.396 e. The Morgan fingerprint density at radius 2 is 0.860 bits per heavy atom. The van der Waals surface area contributed by atoms with Crippen molar-refractivity contribution < 1.29 is 41.0 Å². The molecular formula is C26H58N4O9Si4. The number of esters is 2. The average Bonchev–Trinajstić information content (AvgIpc) is 2.85. The highest BCUT2D eigenvalue weighted by Crippen LogP contribution is 2.27. The third kappa shape index (κ3) is 21.8. The van der Waals surface area contributed by atoms with Crippen molar-refractivity contribution in [1.29, 1.82) is 0 Å². The normalized spacial score (nSPS) is 12.5. The highest BCUT2D eigenvalue weighted by Gasteiger charge is 2.43. The summed E-state index contributed by atoms with van der Waals surface area (Å²) in [6.07, 6.45) is 1.89. The number of ether oxygens (including phenoxy) is 2. The standard InChI is InChI=1S/C26H58N4O9Si4/c1-11-35-25(33)23(31)29-19-17-27-15-13-21-40(3,4)37-42(7,8)39-43(9,10)38-41(5,6)22-14-16-28-18-20-30-24(32)26(34)36-12-2/h27-28H,11-22H2,1-10H3,(H,29,31)(H,30,32). The number of rotatable bonds is 22. The molecule has 4 N–H and O–H groups in total. The van der Waals surface area contributed by atoms with Crippen molar-refractivity contribution in [1.82, 2.24) is 21.3 Å². The third-order valence-corrected chi connectivity index (χ3v) is 21.3. The zero-order valence-corrected chi connectivity index (χ0v) is 32.2. The molecule has 0 aliphatic carbocycles. The predicted octanol–water partition coefficient (Wildman–Crippen LogP) is 2.17. The van der Waals surface area contributed by atoms with Gasteiger partial charge in [-0.25, -0.2) is 9.59 Å². The first-order valence-corrected chi connectivity index (χ1v) is 27.1. The van der Waals surface area contributed by atoms with Gasteiger partial charge in [-0.3, -0.25) is 9.59 Å². The summed E-state index contributed by atoms with van der Waals surface area (Å²) >= 11 is 0. The van der Waals surface area contributed by atoms with Gasteiger partial charge in [0, 0.05) is 26.2 Å². The molecule has 0 aromatic rings. The fourth-order valence-electron chi connectivity index (χ4n) is 4.66. The van der Waals surface area contributed by atoms with E-state index in [1.807, 2.05) is 0 Å². The van der Waals surface area contributed by atoms with E-state index in [1.54, 1.807) is 13.8 Å². The van der Waals surface area contributed by atoms with Crippen LogP contribution in [0, 0.1) is 0 Å². The quantitative estimate of drug-likeness (QED) is 0.0573. The molecule has 0 fully saturated rings. The molecule has 0 aliphatic rings. The largest absolute Gasteiger partial charge is 0.459 e. The molecule has 0 aromatic heterocycles. The van der Waals surface area contributed by atoms with Crippen LogP contribution < -0.4 is 21.3 Å². The van der Waals surface area contributed by atoms with Gasteiger partial charge in [-0.1, -0.05) is 0 Å². The molecule has 0 unspecified atom stereocenters. The van der Waals surface area contributed by atoms with Crippen molar-refractivity contribution in [2.75, 3.05) is 52.5 Å². The monoisotopic (exact) mass is 682 g/mol. The molecule has 0 saturated carbocycles. The van der Waals surface area contributed by atoms with E-state index in [4.69, 9.17) is 12.3 Å². The van der Waals surface area contributed by atoms with Crippen LogP contribution in [-0.4, -0.2) is 110 Å². The Kier molecular flexibility index (Phi) is 19.9. The van der Waals surface area contributed by atoms with Gasteiger partial charge < -0.3 is 43.1 Å². The molecule has 0 bridgehead atoms. The van der Waals surface area contributed by atoms with E-state index < -0.39 is 57.5 Å². The Hall–Kier alpha value is -1.45. The molecule has 0 radical (unpaired) electrons. The van der Waals surface area contributed by atoms with Gasteiger partial charge in [0.15, 0.2) is 16.6 Å². The lowest BCUT2D eigenvalue weighted by molar-refractivity contribution is -0.154. The second-order valence-electron chi connectivity index (χ2n) is 12.3. The van der Waals surface area contributed by atoms with Gasteiger partial charge in [-0.05, 0) is 104 Å². The summed E-state index contributed by atoms with van der Waals surface area (Å²) in [6, 6.07) is 1.94. The summed E-state index contributed by atoms with van der Waals surface area (Å²) in [5, 5.41) is 11.7. The second kappa shape index (κ2) is 20.6. The number of nitrogens with one attached hydrogen (secondary N) is 4. The van der Waals surface area contributed by atoms with Gasteiger partial charge in [0.2, 0.25) is 0 Å². The SMILES string of the molecule is CCOC(=O)C(=O)NCCNCCC[Si](C)(C)O[Si](C)(C)O[Si](C)(C)O[Si](C)(C)CCCNCCNC(=O)C(=O)OCC. The minimum Gasteiger partial charge on any atom is -0.459 e. The summed E-state index contributed by atoms with van der Waals surface area (Å²) in [5.74, 6) is -3.15. The Morgan fingerprint density at radius 3 is 1.19 bits per heavy atom. The number of amides is 2. The number of hydrogen-bond acceptors (Lipinski definition) is 11. The number of carbonyl (C=O) groups is 4. The van der Waals surface area contributed by atoms with Crippen LogP contribution in [0.1, 0.15) is 26.7 Å². The van der Waals surface area contributed by atoms with E-state index >= 15 is 0 Å². The van der Waals surface area contributed by atoms with E-state index in [0.717, 1.165) is 38.0 Å². The summed E-state index contributed by atoms with van der Waals surface area (Å²) in [6.45, 7) is 24.4. The second-order valence-corrected chi connectivity index (χ2v) is 28.4. The average molecular weight is 683 g/mol. The summed E-state index contributed by atoms with van der Waals surface area (Å²) < 4.78 is 29.3. The van der Waals surface area contributed by atoms with Crippen LogP contribution in [0.15, 0.2) is 0 Å². The first kappa shape index (κ1) is 41.5. The molecule has 0 saturated heterocycles. The molecule has 0 aromatic carbocycles. The lowest BCUT2D eigenvalue weighted by Gasteiger charge is -2.41. The van der Waals surface area contributed by atoms with Crippen LogP contribution >= 0.6 is 0 Å². The van der Waals surface area contributed by atoms with Gasteiger partial charge in [-0.2, -0.15) is 0 Å². The lowest BCUT2D eigenvalue weighted by atomic mass is 10.4. The van der Waals surface area contributed by atoms with E-state index in [9.17, 15) is 19.2 Å². The Balaban J connectivity index is 4.36. The molecule has 252 valence electrons. The molecular weight excluding hydrogens is 625 g/mol. The maximum absolute atomic E-state index is 11.5. The van der Waals surface area contributed by atoms with Crippen LogP contribution in [0.3, 0.4) is 0 Å². The van der Waals surface area contributed by atoms with Crippen LogP contribution in [0.25, 0.3) is 0 Å². The Labute approximate surface area is 263 Å². The lowest BCUT2D eigenvalue weighted by Crippen LogP contribution is -2.56. The molecule has 13 nitrogen and oxygen atoms in total. The minimum atomic E-state index is -2.43. The van der Waals surface area contributed by atoms with Gasteiger partial charge in [-0.15, -0.1) is 0 Å². The topological polar surface area (TPSA) is 163 Å². The first-order valence-electron chi connectivity index (χ1n) is 15.3. The summed E-state index contributed by atoms with van der Waals surface area (Å²) in [7, 11) is -8.82. The Bertz CT molecular complexity index is 810. The summed E-state index contributed by atoms with van der Waals surface area (Å²) in [4.78, 5) is 45.7. The molecule has 2 amide bonds. The highest BCUT2D eigenvalue weighted by molar-refractivity contribution is 6.89. The van der Waals surface area contributed by atoms with Gasteiger partial charge in [0.05, 0.1) is 13.2 Å². The maximum atomic E-state index is 11.5. The molecule has 0 atom stereocenters. The molecule has 0 aliphatic heterocycles. The molecule has 0 heterocycles. The van der Waals surface area contributed by atoms with E-state index in [0.29, 0.717) is 26.2 Å². The third-order valence-electron chi connectivity index (χ3n) is 5.90. The van der Waals surface area contributed by atoms with Crippen molar-refractivity contribution in [2.45, 2.75) is 91.2 Å². The van der Waals surface area contributed by atoms with Crippen molar-refractivity contribution >= 4 is 57.5 Å². The Morgan fingerprint density at radius 1 is 0.512 bits per heavy atom. The first-order chi connectivity index (χ1) is 19.9. The van der Waals surface area contributed by atoms with Crippen LogP contribution in [0.4, 0.5) is 0 Å². The van der Waals surface area contributed by atoms with Crippen molar-refractivity contribution in [3.63, 3.8) is 0 Å². The van der Waals surface area contributed by atoms with Gasteiger partial charge in [0.1, 0.15) is 0 Å². The van der Waals surface area contributed by atoms with Crippen LogP contribution in [0.2, 0.25) is 64.5 Å². The van der Waals surface area contributed by atoms with E-state index in [2.05, 4.69) is 83.1 Å². The van der Waals surface area contributed by atoms with E-state index in [1.165, 1.54) is 0 Å². The van der Waals surface area contributed by atoms with Crippen molar-refractivity contribution in [3.05, 3.63) is 0 Å². The molecule has 17 heteroatoms. The smallest absolute Gasteiger partial charge is 0.396 e. The minimum absolute atomic E-state index is 0.176. The zero-order chi connectivity index (χ0) is 33.2. The van der Waals surface area contributed by atoms with Crippen molar-refractivity contribution in [3.8, 4) is 0 Å². The fraction of sp³-hybridized carbons (Fsp3) is 0.846.